The lowest BCUT2D eigenvalue weighted by molar-refractivity contribution is 0.0760. The van der Waals surface area contributed by atoms with Crippen LogP contribution in [0.15, 0.2) is 6.07 Å². The fourth-order valence-corrected chi connectivity index (χ4v) is 1.86. The Hall–Kier alpha value is -1.07. The van der Waals surface area contributed by atoms with Crippen LogP contribution >= 0.6 is 12.4 Å². The molecular formula is C11H19ClN4O. The van der Waals surface area contributed by atoms with Crippen molar-refractivity contribution in [1.29, 1.82) is 0 Å². The van der Waals surface area contributed by atoms with E-state index in [0.717, 1.165) is 44.7 Å². The average Bonchev–Trinajstić information content (AvgIpc) is 2.62. The molecule has 0 aromatic carbocycles. The molecular weight excluding hydrogens is 240 g/mol. The molecule has 2 rings (SSSR count). The van der Waals surface area contributed by atoms with Crippen molar-refractivity contribution in [3.05, 3.63) is 17.5 Å². The summed E-state index contributed by atoms with van der Waals surface area (Å²) in [5.74, 6) is 0.0413. The minimum atomic E-state index is 0. The molecule has 1 aromatic heterocycles. The van der Waals surface area contributed by atoms with E-state index in [4.69, 9.17) is 0 Å². The van der Waals surface area contributed by atoms with E-state index in [1.807, 2.05) is 17.9 Å². The van der Waals surface area contributed by atoms with Gasteiger partial charge >= 0.3 is 0 Å². The van der Waals surface area contributed by atoms with Crippen LogP contribution < -0.4 is 5.32 Å². The Morgan fingerprint density at radius 2 is 2.29 bits per heavy atom. The molecule has 0 spiro atoms. The Labute approximate surface area is 107 Å². The molecule has 0 saturated carbocycles. The van der Waals surface area contributed by atoms with Gasteiger partial charge in [0.2, 0.25) is 0 Å². The second-order valence-electron chi connectivity index (χ2n) is 4.03. The lowest BCUT2D eigenvalue weighted by Gasteiger charge is -2.18. The van der Waals surface area contributed by atoms with Crippen LogP contribution in [0, 0.1) is 0 Å². The normalized spacial score (nSPS) is 16.2. The third-order valence-corrected chi connectivity index (χ3v) is 2.86. The number of nitrogens with zero attached hydrogens (tertiary/aromatic N) is 2. The number of aromatic nitrogens is 2. The molecule has 17 heavy (non-hydrogen) atoms. The molecule has 1 amide bonds. The second kappa shape index (κ2) is 6.61. The third kappa shape index (κ3) is 3.44. The van der Waals surface area contributed by atoms with Gasteiger partial charge in [-0.25, -0.2) is 0 Å². The van der Waals surface area contributed by atoms with Gasteiger partial charge in [-0.3, -0.25) is 9.89 Å². The van der Waals surface area contributed by atoms with Crippen molar-refractivity contribution in [2.24, 2.45) is 0 Å². The van der Waals surface area contributed by atoms with Gasteiger partial charge in [0.1, 0.15) is 5.69 Å². The molecule has 0 aliphatic carbocycles. The third-order valence-electron chi connectivity index (χ3n) is 2.86. The highest BCUT2D eigenvalue weighted by Gasteiger charge is 2.19. The number of aryl methyl sites for hydroxylation is 1. The molecule has 96 valence electrons. The molecule has 1 fully saturated rings. The van der Waals surface area contributed by atoms with Gasteiger partial charge in [-0.2, -0.15) is 5.10 Å². The summed E-state index contributed by atoms with van der Waals surface area (Å²) in [5.41, 5.74) is 1.55. The molecule has 0 radical (unpaired) electrons. The van der Waals surface area contributed by atoms with Crippen LogP contribution in [0.25, 0.3) is 0 Å². The van der Waals surface area contributed by atoms with Crippen LogP contribution in [-0.4, -0.2) is 47.2 Å². The van der Waals surface area contributed by atoms with Crippen molar-refractivity contribution in [2.75, 3.05) is 26.2 Å². The fourth-order valence-electron chi connectivity index (χ4n) is 1.86. The number of nitrogens with one attached hydrogen (secondary N) is 2. The molecule has 0 unspecified atom stereocenters. The molecule has 1 aliphatic heterocycles. The van der Waals surface area contributed by atoms with Crippen molar-refractivity contribution in [3.8, 4) is 0 Å². The van der Waals surface area contributed by atoms with Gasteiger partial charge in [-0.15, -0.1) is 12.4 Å². The number of amides is 1. The van der Waals surface area contributed by atoms with Crippen molar-refractivity contribution in [1.82, 2.24) is 20.4 Å². The zero-order valence-corrected chi connectivity index (χ0v) is 10.8. The number of halogens is 1. The maximum absolute atomic E-state index is 12.1. The van der Waals surface area contributed by atoms with E-state index in [1.165, 1.54) is 0 Å². The van der Waals surface area contributed by atoms with E-state index in [2.05, 4.69) is 15.5 Å². The fraction of sp³-hybridized carbons (Fsp3) is 0.636. The van der Waals surface area contributed by atoms with Crippen LogP contribution in [0.1, 0.15) is 29.5 Å². The molecule has 1 aliphatic rings. The van der Waals surface area contributed by atoms with Crippen LogP contribution in [-0.2, 0) is 6.42 Å². The maximum atomic E-state index is 12.1. The van der Waals surface area contributed by atoms with Crippen LogP contribution in [0.2, 0.25) is 0 Å². The number of aromatic amines is 1. The second-order valence-corrected chi connectivity index (χ2v) is 4.03. The van der Waals surface area contributed by atoms with Crippen molar-refractivity contribution in [3.63, 3.8) is 0 Å². The molecule has 1 saturated heterocycles. The van der Waals surface area contributed by atoms with Gasteiger partial charge in [0, 0.05) is 25.3 Å². The van der Waals surface area contributed by atoms with E-state index < -0.39 is 0 Å². The summed E-state index contributed by atoms with van der Waals surface area (Å²) in [4.78, 5) is 14.0. The Kier molecular flexibility index (Phi) is 5.44. The summed E-state index contributed by atoms with van der Waals surface area (Å²) in [6.45, 7) is 5.49. The van der Waals surface area contributed by atoms with E-state index in [0.29, 0.717) is 5.69 Å². The number of rotatable bonds is 2. The van der Waals surface area contributed by atoms with Gasteiger partial charge in [-0.1, -0.05) is 6.92 Å². The predicted molar refractivity (Wildman–Crippen MR) is 68.6 cm³/mol. The van der Waals surface area contributed by atoms with E-state index in [-0.39, 0.29) is 18.3 Å². The molecule has 0 bridgehead atoms. The first-order valence-electron chi connectivity index (χ1n) is 5.85. The van der Waals surface area contributed by atoms with Crippen LogP contribution in [0.3, 0.4) is 0 Å². The zero-order chi connectivity index (χ0) is 11.4. The first-order valence-corrected chi connectivity index (χ1v) is 5.85. The van der Waals surface area contributed by atoms with Gasteiger partial charge in [0.25, 0.3) is 5.91 Å². The van der Waals surface area contributed by atoms with E-state index in [9.17, 15) is 4.79 Å². The molecule has 5 nitrogen and oxygen atoms in total. The van der Waals surface area contributed by atoms with Gasteiger partial charge in [0.05, 0.1) is 0 Å². The Morgan fingerprint density at radius 1 is 1.47 bits per heavy atom. The highest BCUT2D eigenvalue weighted by atomic mass is 35.5. The summed E-state index contributed by atoms with van der Waals surface area (Å²) in [6, 6.07) is 1.85. The van der Waals surface area contributed by atoms with Crippen molar-refractivity contribution < 1.29 is 4.79 Å². The average molecular weight is 259 g/mol. The predicted octanol–water partition coefficient (Wildman–Crippen LogP) is 0.829. The lowest BCUT2D eigenvalue weighted by Crippen LogP contribution is -2.34. The van der Waals surface area contributed by atoms with E-state index >= 15 is 0 Å². The van der Waals surface area contributed by atoms with Crippen molar-refractivity contribution in [2.45, 2.75) is 19.8 Å². The number of H-pyrrole nitrogens is 1. The van der Waals surface area contributed by atoms with Crippen molar-refractivity contribution >= 4 is 18.3 Å². The van der Waals surface area contributed by atoms with E-state index in [1.54, 1.807) is 0 Å². The minimum Gasteiger partial charge on any atom is -0.336 e. The molecule has 6 heteroatoms. The number of hydrogen-bond acceptors (Lipinski definition) is 3. The molecule has 1 aromatic rings. The summed E-state index contributed by atoms with van der Waals surface area (Å²) in [7, 11) is 0. The summed E-state index contributed by atoms with van der Waals surface area (Å²) >= 11 is 0. The summed E-state index contributed by atoms with van der Waals surface area (Å²) in [5, 5.41) is 10.2. The topological polar surface area (TPSA) is 61.0 Å². The first-order chi connectivity index (χ1) is 7.81. The van der Waals surface area contributed by atoms with Gasteiger partial charge < -0.3 is 10.2 Å². The standard InChI is InChI=1S/C11H18N4O.ClH/c1-2-9-8-10(14-13-9)11(16)15-6-3-4-12-5-7-15;/h8,12H,2-7H2,1H3,(H,13,14);1H. The van der Waals surface area contributed by atoms with Crippen LogP contribution in [0.5, 0.6) is 0 Å². The van der Waals surface area contributed by atoms with Crippen LogP contribution in [0.4, 0.5) is 0 Å². The Balaban J connectivity index is 0.00000144. The molecule has 2 heterocycles. The minimum absolute atomic E-state index is 0. The number of hydrogen-bond donors (Lipinski definition) is 2. The van der Waals surface area contributed by atoms with Gasteiger partial charge in [0.15, 0.2) is 0 Å². The van der Waals surface area contributed by atoms with Gasteiger partial charge in [-0.05, 0) is 25.5 Å². The monoisotopic (exact) mass is 258 g/mol. The molecule has 2 N–H and O–H groups in total. The first kappa shape index (κ1) is 14.0. The Morgan fingerprint density at radius 3 is 3.00 bits per heavy atom. The zero-order valence-electron chi connectivity index (χ0n) is 10.0. The highest BCUT2D eigenvalue weighted by molar-refractivity contribution is 5.92. The maximum Gasteiger partial charge on any atom is 0.274 e. The number of carbonyl (C=O) groups is 1. The Bertz CT molecular complexity index is 358. The highest BCUT2D eigenvalue weighted by Crippen LogP contribution is 2.06. The SMILES string of the molecule is CCc1cc(C(=O)N2CCCNCC2)n[nH]1.Cl. The summed E-state index contributed by atoms with van der Waals surface area (Å²) < 4.78 is 0. The smallest absolute Gasteiger partial charge is 0.274 e. The quantitative estimate of drug-likeness (QED) is 0.826. The lowest BCUT2D eigenvalue weighted by atomic mass is 10.2. The number of carbonyl (C=O) groups excluding carboxylic acids is 1. The summed E-state index contributed by atoms with van der Waals surface area (Å²) in [6.07, 6.45) is 1.89. The largest absolute Gasteiger partial charge is 0.336 e. The molecule has 0 atom stereocenters.